The first kappa shape index (κ1) is 9.05. The third-order valence-corrected chi connectivity index (χ3v) is 2.50. The summed E-state index contributed by atoms with van der Waals surface area (Å²) in [5.74, 6) is -0.459. The lowest BCUT2D eigenvalue weighted by atomic mass is 9.75. The zero-order valence-electron chi connectivity index (χ0n) is 10.6. The molecule has 0 heteroatoms. The molecule has 0 amide bonds. The molecule has 0 aromatic carbocycles. The Bertz CT molecular complexity index is 239. The average molecular weight is 179 g/mol. The highest BCUT2D eigenvalue weighted by atomic mass is 14.3. The minimum absolute atomic E-state index is 0.171. The SMILES string of the molecule is [2H]C(C)(C)C1=CCCC=C1C(C)(C)C. The highest BCUT2D eigenvalue weighted by Crippen LogP contribution is 2.37. The van der Waals surface area contributed by atoms with Crippen LogP contribution in [0.25, 0.3) is 0 Å². The molecule has 0 nitrogen and oxygen atoms in total. The summed E-state index contributed by atoms with van der Waals surface area (Å²) in [4.78, 5) is 0. The van der Waals surface area contributed by atoms with Crippen molar-refractivity contribution in [3.05, 3.63) is 23.3 Å². The molecule has 0 unspecified atom stereocenters. The van der Waals surface area contributed by atoms with Gasteiger partial charge in [-0.3, -0.25) is 0 Å². The Morgan fingerprint density at radius 1 is 1.23 bits per heavy atom. The van der Waals surface area contributed by atoms with Gasteiger partial charge in [0.2, 0.25) is 0 Å². The average Bonchev–Trinajstić information content (AvgIpc) is 2.01. The highest BCUT2D eigenvalue weighted by Gasteiger charge is 2.23. The van der Waals surface area contributed by atoms with Crippen LogP contribution in [0.15, 0.2) is 23.3 Å². The Morgan fingerprint density at radius 2 is 1.77 bits per heavy atom. The van der Waals surface area contributed by atoms with Crippen LogP contribution >= 0.6 is 0 Å². The first-order valence-electron chi connectivity index (χ1n) is 5.64. The molecule has 0 atom stereocenters. The summed E-state index contributed by atoms with van der Waals surface area (Å²) < 4.78 is 8.13. The maximum absolute atomic E-state index is 8.13. The molecule has 13 heavy (non-hydrogen) atoms. The van der Waals surface area contributed by atoms with Crippen molar-refractivity contribution in [1.82, 2.24) is 0 Å². The van der Waals surface area contributed by atoms with Gasteiger partial charge in [-0.1, -0.05) is 46.8 Å². The van der Waals surface area contributed by atoms with Crippen molar-refractivity contribution in [2.24, 2.45) is 11.3 Å². The van der Waals surface area contributed by atoms with Crippen LogP contribution in [0.5, 0.6) is 0 Å². The lowest BCUT2D eigenvalue weighted by Crippen LogP contribution is -2.16. The molecule has 0 radical (unpaired) electrons. The van der Waals surface area contributed by atoms with E-state index in [1.165, 1.54) is 11.1 Å². The van der Waals surface area contributed by atoms with Crippen LogP contribution in [0.2, 0.25) is 0 Å². The summed E-state index contributed by atoms with van der Waals surface area (Å²) in [6.45, 7) is 10.6. The van der Waals surface area contributed by atoms with Crippen LogP contribution in [0.4, 0.5) is 0 Å². The molecule has 74 valence electrons. The molecule has 0 saturated carbocycles. The summed E-state index contributed by atoms with van der Waals surface area (Å²) in [5.41, 5.74) is 2.75. The molecule has 1 aliphatic rings. The van der Waals surface area contributed by atoms with E-state index >= 15 is 0 Å². The third kappa shape index (κ3) is 2.46. The maximum atomic E-state index is 8.13. The summed E-state index contributed by atoms with van der Waals surface area (Å²) in [6, 6.07) is 0. The van der Waals surface area contributed by atoms with Crippen LogP contribution in [0.1, 0.15) is 48.8 Å². The predicted octanol–water partition coefficient (Wildman–Crippen LogP) is 4.34. The summed E-state index contributed by atoms with van der Waals surface area (Å²) in [5, 5.41) is 0. The van der Waals surface area contributed by atoms with Crippen molar-refractivity contribution in [3.63, 3.8) is 0 Å². The van der Waals surface area contributed by atoms with Gasteiger partial charge in [0.1, 0.15) is 0 Å². The van der Waals surface area contributed by atoms with Crippen molar-refractivity contribution in [3.8, 4) is 0 Å². The molecule has 0 aromatic rings. The van der Waals surface area contributed by atoms with Gasteiger partial charge in [0.25, 0.3) is 0 Å². The zero-order valence-corrected chi connectivity index (χ0v) is 9.57. The maximum Gasteiger partial charge on any atom is 0.0346 e. The fourth-order valence-corrected chi connectivity index (χ4v) is 1.86. The molecule has 0 bridgehead atoms. The fraction of sp³-hybridized carbons (Fsp3) is 0.692. The Morgan fingerprint density at radius 3 is 2.15 bits per heavy atom. The summed E-state index contributed by atoms with van der Waals surface area (Å²) >= 11 is 0. The van der Waals surface area contributed by atoms with Gasteiger partial charge in [-0.25, -0.2) is 0 Å². The van der Waals surface area contributed by atoms with E-state index in [1.54, 1.807) is 0 Å². The lowest BCUT2D eigenvalue weighted by Gasteiger charge is -2.30. The van der Waals surface area contributed by atoms with Gasteiger partial charge >= 0.3 is 0 Å². The first-order chi connectivity index (χ1) is 6.23. The smallest absolute Gasteiger partial charge is 0.0346 e. The number of hydrogen-bond donors (Lipinski definition) is 0. The van der Waals surface area contributed by atoms with Crippen LogP contribution in [-0.4, -0.2) is 0 Å². The van der Waals surface area contributed by atoms with Gasteiger partial charge in [0.15, 0.2) is 0 Å². The second kappa shape index (κ2) is 3.69. The van der Waals surface area contributed by atoms with Crippen LogP contribution in [0.3, 0.4) is 0 Å². The van der Waals surface area contributed by atoms with E-state index in [9.17, 15) is 0 Å². The van der Waals surface area contributed by atoms with Crippen molar-refractivity contribution >= 4 is 0 Å². The van der Waals surface area contributed by atoms with E-state index in [-0.39, 0.29) is 5.41 Å². The normalized spacial score (nSPS) is 20.5. The van der Waals surface area contributed by atoms with Gasteiger partial charge in [-0.15, -0.1) is 0 Å². The fourth-order valence-electron chi connectivity index (χ4n) is 1.86. The first-order valence-corrected chi connectivity index (χ1v) is 5.14. The van der Waals surface area contributed by atoms with E-state index in [0.29, 0.717) is 0 Å². The van der Waals surface area contributed by atoms with E-state index in [0.717, 1.165) is 12.8 Å². The molecular weight excluding hydrogens is 156 g/mol. The molecule has 1 rings (SSSR count). The summed E-state index contributed by atoms with van der Waals surface area (Å²) in [7, 11) is 0. The molecular formula is C13H22. The van der Waals surface area contributed by atoms with Crippen LogP contribution in [-0.2, 0) is 0 Å². The Balaban J connectivity index is 3.06. The monoisotopic (exact) mass is 179 g/mol. The van der Waals surface area contributed by atoms with E-state index < -0.39 is 5.89 Å². The minimum Gasteiger partial charge on any atom is -0.0805 e. The summed E-state index contributed by atoms with van der Waals surface area (Å²) in [6.07, 6.45) is 6.78. The zero-order chi connectivity index (χ0) is 11.0. The van der Waals surface area contributed by atoms with Gasteiger partial charge < -0.3 is 0 Å². The predicted molar refractivity (Wildman–Crippen MR) is 59.7 cm³/mol. The molecule has 0 spiro atoms. The Kier molecular flexibility index (Phi) is 2.57. The quantitative estimate of drug-likeness (QED) is 0.562. The number of allylic oxidation sites excluding steroid dienone is 4. The van der Waals surface area contributed by atoms with E-state index in [2.05, 4.69) is 32.9 Å². The van der Waals surface area contributed by atoms with Crippen molar-refractivity contribution in [2.75, 3.05) is 0 Å². The molecule has 0 aromatic heterocycles. The van der Waals surface area contributed by atoms with E-state index in [1.807, 2.05) is 13.8 Å². The van der Waals surface area contributed by atoms with Crippen LogP contribution < -0.4 is 0 Å². The van der Waals surface area contributed by atoms with Gasteiger partial charge in [0, 0.05) is 1.37 Å². The van der Waals surface area contributed by atoms with Crippen LogP contribution in [0, 0.1) is 11.3 Å². The molecule has 0 heterocycles. The Hall–Kier alpha value is -0.520. The number of rotatable bonds is 1. The molecule has 1 aliphatic carbocycles. The van der Waals surface area contributed by atoms with Gasteiger partial charge in [-0.2, -0.15) is 0 Å². The van der Waals surface area contributed by atoms with Crippen molar-refractivity contribution < 1.29 is 1.37 Å². The molecule has 0 saturated heterocycles. The largest absolute Gasteiger partial charge is 0.0805 e. The molecule has 0 aliphatic heterocycles. The molecule has 0 fully saturated rings. The lowest BCUT2D eigenvalue weighted by molar-refractivity contribution is 0.491. The second-order valence-corrected chi connectivity index (χ2v) is 5.06. The Labute approximate surface area is 84.1 Å². The topological polar surface area (TPSA) is 0 Å². The van der Waals surface area contributed by atoms with Gasteiger partial charge in [-0.05, 0) is 35.3 Å². The highest BCUT2D eigenvalue weighted by molar-refractivity contribution is 5.38. The third-order valence-electron chi connectivity index (χ3n) is 2.50. The van der Waals surface area contributed by atoms with Crippen molar-refractivity contribution in [2.45, 2.75) is 47.5 Å². The molecule has 0 N–H and O–H groups in total. The second-order valence-electron chi connectivity index (χ2n) is 5.06. The standard InChI is InChI=1S/C13H22/c1-10(2)11-8-6-7-9-12(11)13(3,4)5/h8-10H,6-7H2,1-5H3/i10D. The van der Waals surface area contributed by atoms with Gasteiger partial charge in [0.05, 0.1) is 0 Å². The number of hydrogen-bond acceptors (Lipinski definition) is 0. The van der Waals surface area contributed by atoms with E-state index in [4.69, 9.17) is 1.37 Å². The minimum atomic E-state index is -0.459. The van der Waals surface area contributed by atoms with Crippen molar-refractivity contribution in [1.29, 1.82) is 0 Å².